The van der Waals surface area contributed by atoms with Crippen molar-refractivity contribution in [2.24, 2.45) is 5.73 Å². The highest BCUT2D eigenvalue weighted by Crippen LogP contribution is 2.22. The van der Waals surface area contributed by atoms with E-state index in [-0.39, 0.29) is 6.04 Å². The van der Waals surface area contributed by atoms with Crippen molar-refractivity contribution in [1.29, 1.82) is 0 Å². The molecule has 12 heavy (non-hydrogen) atoms. The van der Waals surface area contributed by atoms with Gasteiger partial charge in [-0.3, -0.25) is 0 Å². The number of hydrogen-bond acceptors (Lipinski definition) is 4. The number of ether oxygens (including phenoxy) is 1. The second kappa shape index (κ2) is 3.40. The number of hydrogen-bond donors (Lipinski definition) is 2. The monoisotopic (exact) mass is 167 g/mol. The van der Waals surface area contributed by atoms with Gasteiger partial charge in [0.1, 0.15) is 0 Å². The minimum atomic E-state index is -0.115. The third kappa shape index (κ3) is 1.65. The topological polar surface area (TPSA) is 74.2 Å². The average molecular weight is 167 g/mol. The summed E-state index contributed by atoms with van der Waals surface area (Å²) in [6.45, 7) is 1.86. The van der Waals surface area contributed by atoms with Crippen LogP contribution in [0.25, 0.3) is 0 Å². The molecule has 1 rings (SSSR count). The Bertz CT molecular complexity index is 273. The van der Waals surface area contributed by atoms with E-state index in [1.807, 2.05) is 6.92 Å². The fraction of sp³-hybridized carbons (Fsp3) is 0.375. The molecule has 0 unspecified atom stereocenters. The van der Waals surface area contributed by atoms with E-state index in [0.717, 1.165) is 5.56 Å². The Balaban J connectivity index is 3.12. The smallest absolute Gasteiger partial charge is 0.217 e. The van der Waals surface area contributed by atoms with Gasteiger partial charge in [-0.2, -0.15) is 0 Å². The largest absolute Gasteiger partial charge is 0.481 e. The summed E-state index contributed by atoms with van der Waals surface area (Å²) in [5.41, 5.74) is 12.7. The number of nitrogens with zero attached hydrogens (tertiary/aromatic N) is 1. The lowest BCUT2D eigenvalue weighted by Gasteiger charge is -2.10. The van der Waals surface area contributed by atoms with Gasteiger partial charge in [0.25, 0.3) is 0 Å². The first-order valence-corrected chi connectivity index (χ1v) is 3.70. The van der Waals surface area contributed by atoms with E-state index in [1.165, 1.54) is 0 Å². The van der Waals surface area contributed by atoms with Crippen molar-refractivity contribution in [1.82, 2.24) is 4.98 Å². The maximum atomic E-state index is 5.68. The average Bonchev–Trinajstić information content (AvgIpc) is 2.04. The number of nitrogens with two attached hydrogens (primary N) is 2. The minimum absolute atomic E-state index is 0.115. The van der Waals surface area contributed by atoms with E-state index in [9.17, 15) is 0 Å². The summed E-state index contributed by atoms with van der Waals surface area (Å²) in [5.74, 6) is 0.541. The Kier molecular flexibility index (Phi) is 2.50. The Morgan fingerprint density at radius 2 is 2.25 bits per heavy atom. The van der Waals surface area contributed by atoms with Crippen LogP contribution in [-0.2, 0) is 0 Å². The Labute approximate surface area is 71.5 Å². The first-order chi connectivity index (χ1) is 5.65. The van der Waals surface area contributed by atoms with Gasteiger partial charge in [0.2, 0.25) is 5.88 Å². The third-order valence-electron chi connectivity index (χ3n) is 1.58. The van der Waals surface area contributed by atoms with Gasteiger partial charge in [-0.05, 0) is 13.0 Å². The summed E-state index contributed by atoms with van der Waals surface area (Å²) in [5, 5.41) is 0. The molecule has 0 aromatic carbocycles. The highest BCUT2D eigenvalue weighted by Gasteiger charge is 2.08. The van der Waals surface area contributed by atoms with Gasteiger partial charge in [0.15, 0.2) is 0 Å². The van der Waals surface area contributed by atoms with Gasteiger partial charge in [-0.15, -0.1) is 0 Å². The molecule has 1 aromatic rings. The van der Waals surface area contributed by atoms with Crippen molar-refractivity contribution in [3.63, 3.8) is 0 Å². The highest BCUT2D eigenvalue weighted by atomic mass is 16.5. The molecular formula is C8H13N3O. The Morgan fingerprint density at radius 3 is 2.75 bits per heavy atom. The van der Waals surface area contributed by atoms with Crippen LogP contribution in [0.3, 0.4) is 0 Å². The molecule has 0 aliphatic rings. The number of aromatic nitrogens is 1. The van der Waals surface area contributed by atoms with E-state index in [0.29, 0.717) is 11.6 Å². The zero-order valence-electron chi connectivity index (χ0n) is 7.24. The number of rotatable bonds is 2. The molecule has 0 aliphatic heterocycles. The Hall–Kier alpha value is -1.29. The first-order valence-electron chi connectivity index (χ1n) is 3.70. The van der Waals surface area contributed by atoms with E-state index in [2.05, 4.69) is 4.98 Å². The van der Waals surface area contributed by atoms with Gasteiger partial charge in [-0.25, -0.2) is 4.98 Å². The van der Waals surface area contributed by atoms with Crippen LogP contribution in [0.5, 0.6) is 5.88 Å². The lowest BCUT2D eigenvalue weighted by atomic mass is 10.1. The molecule has 0 saturated carbocycles. The molecule has 1 atom stereocenters. The van der Waals surface area contributed by atoms with Crippen LogP contribution in [0.4, 0.5) is 5.69 Å². The van der Waals surface area contributed by atoms with Gasteiger partial charge < -0.3 is 16.2 Å². The summed E-state index contributed by atoms with van der Waals surface area (Å²) in [7, 11) is 1.56. The van der Waals surface area contributed by atoms with E-state index in [4.69, 9.17) is 16.2 Å². The van der Waals surface area contributed by atoms with Crippen molar-refractivity contribution in [2.75, 3.05) is 12.8 Å². The molecule has 1 heterocycles. The molecule has 0 radical (unpaired) electrons. The van der Waals surface area contributed by atoms with Crippen LogP contribution in [-0.4, -0.2) is 12.1 Å². The third-order valence-corrected chi connectivity index (χ3v) is 1.58. The second-order valence-corrected chi connectivity index (χ2v) is 2.66. The van der Waals surface area contributed by atoms with Crippen LogP contribution in [0.2, 0.25) is 0 Å². The molecule has 0 aliphatic carbocycles. The predicted octanol–water partition coefficient (Wildman–Crippen LogP) is 0.692. The van der Waals surface area contributed by atoms with Crippen molar-refractivity contribution in [2.45, 2.75) is 13.0 Å². The first kappa shape index (κ1) is 8.80. The summed E-state index contributed by atoms with van der Waals surface area (Å²) in [6.07, 6.45) is 1.55. The second-order valence-electron chi connectivity index (χ2n) is 2.66. The molecule has 0 saturated heterocycles. The van der Waals surface area contributed by atoms with Crippen LogP contribution < -0.4 is 16.2 Å². The van der Waals surface area contributed by atoms with Crippen molar-refractivity contribution < 1.29 is 4.74 Å². The minimum Gasteiger partial charge on any atom is -0.481 e. The zero-order valence-corrected chi connectivity index (χ0v) is 7.24. The van der Waals surface area contributed by atoms with Gasteiger partial charge >= 0.3 is 0 Å². The lowest BCUT2D eigenvalue weighted by Crippen LogP contribution is -2.08. The van der Waals surface area contributed by atoms with Gasteiger partial charge in [0.05, 0.1) is 19.0 Å². The van der Waals surface area contributed by atoms with Crippen LogP contribution in [0.15, 0.2) is 12.3 Å². The normalized spacial score (nSPS) is 12.6. The van der Waals surface area contributed by atoms with Crippen LogP contribution in [0.1, 0.15) is 18.5 Å². The molecule has 4 N–H and O–H groups in total. The molecule has 0 bridgehead atoms. The molecule has 4 heteroatoms. The van der Waals surface area contributed by atoms with Crippen LogP contribution in [0, 0.1) is 0 Å². The van der Waals surface area contributed by atoms with E-state index < -0.39 is 0 Å². The predicted molar refractivity (Wildman–Crippen MR) is 47.8 cm³/mol. The van der Waals surface area contributed by atoms with Crippen LogP contribution >= 0.6 is 0 Å². The summed E-state index contributed by atoms with van der Waals surface area (Å²) >= 11 is 0. The van der Waals surface area contributed by atoms with Crippen molar-refractivity contribution in [3.8, 4) is 5.88 Å². The van der Waals surface area contributed by atoms with Crippen molar-refractivity contribution >= 4 is 5.69 Å². The molecule has 66 valence electrons. The van der Waals surface area contributed by atoms with E-state index >= 15 is 0 Å². The molecule has 0 amide bonds. The number of anilines is 1. The maximum Gasteiger partial charge on any atom is 0.217 e. The fourth-order valence-corrected chi connectivity index (χ4v) is 0.983. The maximum absolute atomic E-state index is 5.68. The SMILES string of the molecule is COc1ncc(N)cc1[C@@H](C)N. The summed E-state index contributed by atoms with van der Waals surface area (Å²) in [6, 6.07) is 1.66. The number of methoxy groups -OCH3 is 1. The fourth-order valence-electron chi connectivity index (χ4n) is 0.983. The molecule has 0 spiro atoms. The molecular weight excluding hydrogens is 154 g/mol. The molecule has 4 nitrogen and oxygen atoms in total. The number of nitrogen functional groups attached to an aromatic ring is 1. The zero-order chi connectivity index (χ0) is 9.14. The summed E-state index contributed by atoms with van der Waals surface area (Å²) in [4.78, 5) is 3.99. The Morgan fingerprint density at radius 1 is 1.58 bits per heavy atom. The highest BCUT2D eigenvalue weighted by molar-refractivity contribution is 5.43. The standard InChI is InChI=1S/C8H13N3O/c1-5(9)7-3-6(10)4-11-8(7)12-2/h3-5H,9-10H2,1-2H3/t5-/m1/s1. The van der Waals surface area contributed by atoms with Gasteiger partial charge in [0, 0.05) is 11.6 Å². The molecule has 1 aromatic heterocycles. The lowest BCUT2D eigenvalue weighted by molar-refractivity contribution is 0.390. The summed E-state index contributed by atoms with van der Waals surface area (Å²) < 4.78 is 5.01. The number of pyridine rings is 1. The quantitative estimate of drug-likeness (QED) is 0.679. The van der Waals surface area contributed by atoms with Gasteiger partial charge in [-0.1, -0.05) is 0 Å². The molecule has 0 fully saturated rings. The van der Waals surface area contributed by atoms with Crippen molar-refractivity contribution in [3.05, 3.63) is 17.8 Å². The van der Waals surface area contributed by atoms with E-state index in [1.54, 1.807) is 19.4 Å².